The molecule has 2 rings (SSSR count). The van der Waals surface area contributed by atoms with Gasteiger partial charge in [0.1, 0.15) is 0 Å². The monoisotopic (exact) mass is 281 g/mol. The highest BCUT2D eigenvalue weighted by Crippen LogP contribution is 2.36. The number of phenolic OH excluding ortho intramolecular Hbond substituents is 3. The zero-order valence-corrected chi connectivity index (χ0v) is 10.9. The minimum Gasteiger partial charge on any atom is -0.504 e. The second-order valence-electron chi connectivity index (χ2n) is 4.14. The highest BCUT2D eigenvalue weighted by atomic mass is 32.1. The molecule has 6 heteroatoms. The van der Waals surface area contributed by atoms with Crippen molar-refractivity contribution in [1.82, 2.24) is 5.32 Å². The normalized spacial score (nSPS) is 12.5. The molecule has 1 atom stereocenters. The fraction of sp³-hybridized carbons (Fsp3) is 0.231. The van der Waals surface area contributed by atoms with Crippen molar-refractivity contribution in [3.05, 3.63) is 40.1 Å². The predicted octanol–water partition coefficient (Wildman–Crippen LogP) is 1.69. The van der Waals surface area contributed by atoms with Crippen LogP contribution in [-0.2, 0) is 6.54 Å². The summed E-state index contributed by atoms with van der Waals surface area (Å²) in [4.78, 5) is 0. The fourth-order valence-electron chi connectivity index (χ4n) is 1.68. The quantitative estimate of drug-likeness (QED) is 0.538. The van der Waals surface area contributed by atoms with Gasteiger partial charge in [0.2, 0.25) is 5.75 Å². The summed E-state index contributed by atoms with van der Waals surface area (Å²) in [6, 6.07) is 4.66. The van der Waals surface area contributed by atoms with E-state index in [2.05, 4.69) is 5.32 Å². The Hall–Kier alpha value is -1.76. The van der Waals surface area contributed by atoms with Gasteiger partial charge in [0, 0.05) is 18.7 Å². The number of aliphatic hydroxyl groups excluding tert-OH is 1. The van der Waals surface area contributed by atoms with Crippen molar-refractivity contribution in [3.63, 3.8) is 0 Å². The van der Waals surface area contributed by atoms with Crippen molar-refractivity contribution in [2.75, 3.05) is 6.54 Å². The van der Waals surface area contributed by atoms with Crippen LogP contribution in [0.2, 0.25) is 0 Å². The molecule has 0 fully saturated rings. The molecule has 1 unspecified atom stereocenters. The molecule has 5 nitrogen and oxygen atoms in total. The van der Waals surface area contributed by atoms with Crippen LogP contribution in [0.5, 0.6) is 17.2 Å². The molecular formula is C13H15NO4S. The van der Waals surface area contributed by atoms with Gasteiger partial charge in [0.25, 0.3) is 0 Å². The molecule has 0 aliphatic heterocycles. The molecule has 0 bridgehead atoms. The van der Waals surface area contributed by atoms with E-state index >= 15 is 0 Å². The molecule has 2 aromatic rings. The summed E-state index contributed by atoms with van der Waals surface area (Å²) in [5.74, 6) is -1.24. The topological polar surface area (TPSA) is 93.0 Å². The molecule has 0 radical (unpaired) electrons. The Kier molecular flexibility index (Phi) is 4.26. The number of nitrogens with one attached hydrogen (secondary N) is 1. The van der Waals surface area contributed by atoms with Gasteiger partial charge in [-0.2, -0.15) is 11.3 Å². The van der Waals surface area contributed by atoms with Crippen LogP contribution < -0.4 is 5.32 Å². The standard InChI is InChI=1S/C13H15NO4S/c15-10-2-1-8(12(17)13(10)18)5-14-6-11(16)9-3-4-19-7-9/h1-4,7,11,14-18H,5-6H2. The van der Waals surface area contributed by atoms with Gasteiger partial charge in [-0.05, 0) is 28.5 Å². The summed E-state index contributed by atoms with van der Waals surface area (Å²) in [6.07, 6.45) is -0.612. The predicted molar refractivity (Wildman–Crippen MR) is 72.4 cm³/mol. The van der Waals surface area contributed by atoms with Crippen molar-refractivity contribution < 1.29 is 20.4 Å². The van der Waals surface area contributed by atoms with E-state index in [9.17, 15) is 20.4 Å². The Balaban J connectivity index is 1.91. The van der Waals surface area contributed by atoms with Gasteiger partial charge in [-0.15, -0.1) is 0 Å². The van der Waals surface area contributed by atoms with Crippen molar-refractivity contribution in [2.45, 2.75) is 12.6 Å². The second-order valence-corrected chi connectivity index (χ2v) is 4.92. The number of aromatic hydroxyl groups is 3. The SMILES string of the molecule is Oc1ccc(CNCC(O)c2ccsc2)c(O)c1O. The lowest BCUT2D eigenvalue weighted by Gasteiger charge is -2.12. The van der Waals surface area contributed by atoms with E-state index in [0.29, 0.717) is 12.1 Å². The molecule has 0 saturated heterocycles. The molecule has 1 aromatic carbocycles. The number of hydrogen-bond donors (Lipinski definition) is 5. The van der Waals surface area contributed by atoms with Gasteiger partial charge in [-0.25, -0.2) is 0 Å². The van der Waals surface area contributed by atoms with E-state index in [1.807, 2.05) is 16.8 Å². The maximum absolute atomic E-state index is 9.85. The minimum atomic E-state index is -0.612. The molecule has 0 amide bonds. The molecule has 0 spiro atoms. The van der Waals surface area contributed by atoms with Gasteiger partial charge in [0.15, 0.2) is 11.5 Å². The zero-order valence-electron chi connectivity index (χ0n) is 10.1. The molecule has 0 saturated carbocycles. The van der Waals surface area contributed by atoms with Crippen molar-refractivity contribution in [1.29, 1.82) is 0 Å². The Labute approximate surface area is 114 Å². The summed E-state index contributed by atoms with van der Waals surface area (Å²) in [5, 5.41) is 44.8. The van der Waals surface area contributed by atoms with E-state index in [4.69, 9.17) is 0 Å². The van der Waals surface area contributed by atoms with Crippen molar-refractivity contribution >= 4 is 11.3 Å². The second kappa shape index (κ2) is 5.92. The third kappa shape index (κ3) is 3.17. The number of rotatable bonds is 5. The lowest BCUT2D eigenvalue weighted by Crippen LogP contribution is -2.20. The molecule has 1 heterocycles. The first-order valence-corrected chi connectivity index (χ1v) is 6.67. The molecular weight excluding hydrogens is 266 g/mol. The first-order valence-electron chi connectivity index (χ1n) is 5.73. The van der Waals surface area contributed by atoms with Crippen LogP contribution in [0.4, 0.5) is 0 Å². The van der Waals surface area contributed by atoms with Crippen LogP contribution >= 0.6 is 11.3 Å². The lowest BCUT2D eigenvalue weighted by atomic mass is 10.1. The van der Waals surface area contributed by atoms with Gasteiger partial charge >= 0.3 is 0 Å². The smallest absolute Gasteiger partial charge is 0.200 e. The minimum absolute atomic E-state index is 0.279. The largest absolute Gasteiger partial charge is 0.504 e. The highest BCUT2D eigenvalue weighted by molar-refractivity contribution is 7.07. The maximum atomic E-state index is 9.85. The number of thiophene rings is 1. The van der Waals surface area contributed by atoms with E-state index in [1.54, 1.807) is 0 Å². The fourth-order valence-corrected chi connectivity index (χ4v) is 2.39. The third-order valence-electron chi connectivity index (χ3n) is 2.79. The Morgan fingerprint density at radius 2 is 1.89 bits per heavy atom. The molecule has 0 aliphatic carbocycles. The average Bonchev–Trinajstić information content (AvgIpc) is 2.92. The summed E-state index contributed by atoms with van der Waals surface area (Å²) >= 11 is 1.52. The highest BCUT2D eigenvalue weighted by Gasteiger charge is 2.12. The number of benzene rings is 1. The number of phenols is 3. The van der Waals surface area contributed by atoms with Crippen LogP contribution in [0.1, 0.15) is 17.2 Å². The van der Waals surface area contributed by atoms with Gasteiger partial charge in [0.05, 0.1) is 6.10 Å². The van der Waals surface area contributed by atoms with Crippen molar-refractivity contribution in [3.8, 4) is 17.2 Å². The van der Waals surface area contributed by atoms with Crippen LogP contribution in [0, 0.1) is 0 Å². The van der Waals surface area contributed by atoms with Gasteiger partial charge in [-0.1, -0.05) is 6.07 Å². The van der Waals surface area contributed by atoms with Crippen LogP contribution in [0.25, 0.3) is 0 Å². The molecule has 5 N–H and O–H groups in total. The Bertz CT molecular complexity index is 542. The molecule has 0 aliphatic rings. The molecule has 102 valence electrons. The third-order valence-corrected chi connectivity index (χ3v) is 3.50. The first kappa shape index (κ1) is 13.7. The van der Waals surface area contributed by atoms with E-state index in [-0.39, 0.29) is 18.0 Å². The Morgan fingerprint density at radius 1 is 1.11 bits per heavy atom. The summed E-state index contributed by atoms with van der Waals surface area (Å²) in [6.45, 7) is 0.610. The summed E-state index contributed by atoms with van der Waals surface area (Å²) in [5.41, 5.74) is 1.29. The van der Waals surface area contributed by atoms with E-state index in [1.165, 1.54) is 23.5 Å². The zero-order chi connectivity index (χ0) is 13.8. The Morgan fingerprint density at radius 3 is 2.58 bits per heavy atom. The lowest BCUT2D eigenvalue weighted by molar-refractivity contribution is 0.174. The van der Waals surface area contributed by atoms with Crippen LogP contribution in [-0.4, -0.2) is 27.0 Å². The number of aliphatic hydroxyl groups is 1. The van der Waals surface area contributed by atoms with E-state index < -0.39 is 11.9 Å². The molecule has 1 aromatic heterocycles. The van der Waals surface area contributed by atoms with Gasteiger partial charge in [-0.3, -0.25) is 0 Å². The first-order chi connectivity index (χ1) is 9.09. The van der Waals surface area contributed by atoms with Crippen LogP contribution in [0.15, 0.2) is 29.0 Å². The van der Waals surface area contributed by atoms with E-state index in [0.717, 1.165) is 5.56 Å². The average molecular weight is 281 g/mol. The number of hydrogen-bond acceptors (Lipinski definition) is 6. The maximum Gasteiger partial charge on any atom is 0.200 e. The van der Waals surface area contributed by atoms with Crippen molar-refractivity contribution in [2.24, 2.45) is 0 Å². The summed E-state index contributed by atoms with van der Waals surface area (Å²) in [7, 11) is 0. The molecule has 19 heavy (non-hydrogen) atoms. The summed E-state index contributed by atoms with van der Waals surface area (Å²) < 4.78 is 0. The van der Waals surface area contributed by atoms with Gasteiger partial charge < -0.3 is 25.7 Å². The van der Waals surface area contributed by atoms with Crippen LogP contribution in [0.3, 0.4) is 0 Å².